The Hall–Kier alpha value is -2.94. The number of aromatic nitrogens is 4. The maximum absolute atomic E-state index is 13.8. The van der Waals surface area contributed by atoms with Crippen LogP contribution in [0.3, 0.4) is 0 Å². The van der Waals surface area contributed by atoms with E-state index in [-0.39, 0.29) is 5.91 Å². The van der Waals surface area contributed by atoms with Gasteiger partial charge in [0, 0.05) is 50.3 Å². The highest BCUT2D eigenvalue weighted by molar-refractivity contribution is 5.98. The summed E-state index contributed by atoms with van der Waals surface area (Å²) in [5.74, 6) is -3.56. The predicted octanol–water partition coefficient (Wildman–Crippen LogP) is 3.52. The van der Waals surface area contributed by atoms with Crippen LogP contribution >= 0.6 is 0 Å². The molecule has 1 N–H and O–H groups in total. The van der Waals surface area contributed by atoms with Crippen LogP contribution < -0.4 is 5.32 Å². The summed E-state index contributed by atoms with van der Waals surface area (Å²) in [6.07, 6.45) is 3.45. The number of aryl methyl sites for hydroxylation is 1. The van der Waals surface area contributed by atoms with E-state index in [1.165, 1.54) is 6.92 Å². The zero-order valence-electron chi connectivity index (χ0n) is 16.1. The van der Waals surface area contributed by atoms with Crippen LogP contribution in [-0.2, 0) is 22.0 Å². The number of alkyl halides is 2. The lowest BCUT2D eigenvalue weighted by molar-refractivity contribution is -0.114. The Labute approximate surface area is 160 Å². The maximum Gasteiger partial charge on any atom is 0.303 e. The largest absolute Gasteiger partial charge is 0.383 e. The molecular weight excluding hydrogens is 368 g/mol. The van der Waals surface area contributed by atoms with Crippen molar-refractivity contribution in [3.05, 3.63) is 36.0 Å². The Morgan fingerprint density at radius 2 is 2.07 bits per heavy atom. The maximum atomic E-state index is 13.8. The third-order valence-electron chi connectivity index (χ3n) is 4.13. The average Bonchev–Trinajstić information content (AvgIpc) is 2.96. The van der Waals surface area contributed by atoms with Crippen molar-refractivity contribution in [3.8, 4) is 11.3 Å². The number of carbonyl (C=O) groups is 1. The van der Waals surface area contributed by atoms with Gasteiger partial charge in [-0.3, -0.25) is 4.79 Å². The van der Waals surface area contributed by atoms with Crippen LogP contribution in [0.5, 0.6) is 0 Å². The molecule has 0 aliphatic heterocycles. The number of fused-ring (bicyclic) bond motifs is 1. The number of methoxy groups -OCH3 is 1. The number of carbonyl (C=O) groups excluding carboxylic acids is 1. The average molecular weight is 389 g/mol. The first-order valence-electron chi connectivity index (χ1n) is 8.69. The van der Waals surface area contributed by atoms with Crippen LogP contribution in [0, 0.1) is 6.92 Å². The van der Waals surface area contributed by atoms with Gasteiger partial charge in [-0.05, 0) is 19.1 Å². The van der Waals surface area contributed by atoms with E-state index >= 15 is 0 Å². The van der Waals surface area contributed by atoms with Gasteiger partial charge in [0.2, 0.25) is 5.91 Å². The minimum atomic E-state index is -3.15. The van der Waals surface area contributed by atoms with Gasteiger partial charge in [-0.1, -0.05) is 0 Å². The van der Waals surface area contributed by atoms with Gasteiger partial charge in [-0.25, -0.2) is 15.0 Å². The van der Waals surface area contributed by atoms with Crippen LogP contribution in [-0.4, -0.2) is 39.1 Å². The molecule has 3 rings (SSSR count). The van der Waals surface area contributed by atoms with Crippen LogP contribution in [0.15, 0.2) is 24.5 Å². The second-order valence-corrected chi connectivity index (χ2v) is 6.60. The van der Waals surface area contributed by atoms with Crippen molar-refractivity contribution < 1.29 is 18.3 Å². The number of amides is 1. The Morgan fingerprint density at radius 1 is 1.32 bits per heavy atom. The van der Waals surface area contributed by atoms with E-state index < -0.39 is 11.7 Å². The molecule has 0 aromatic carbocycles. The summed E-state index contributed by atoms with van der Waals surface area (Å²) in [5, 5.41) is 3.37. The third-order valence-corrected chi connectivity index (χ3v) is 4.13. The topological polar surface area (TPSA) is 81.9 Å². The fraction of sp³-hybridized carbons (Fsp3) is 0.368. The van der Waals surface area contributed by atoms with E-state index in [1.807, 2.05) is 10.8 Å². The number of nitrogens with one attached hydrogen (secondary N) is 1. The molecule has 9 heteroatoms. The van der Waals surface area contributed by atoms with Gasteiger partial charge in [-0.2, -0.15) is 8.78 Å². The molecule has 0 spiro atoms. The number of nitrogens with zero attached hydrogens (tertiary/aromatic N) is 4. The lowest BCUT2D eigenvalue weighted by atomic mass is 10.1. The zero-order valence-corrected chi connectivity index (χ0v) is 16.1. The van der Waals surface area contributed by atoms with Crippen molar-refractivity contribution in [3.63, 3.8) is 0 Å². The number of hydrogen-bond acceptors (Lipinski definition) is 5. The van der Waals surface area contributed by atoms with Crippen molar-refractivity contribution in [1.29, 1.82) is 0 Å². The molecule has 0 atom stereocenters. The molecule has 3 aromatic heterocycles. The minimum absolute atomic E-state index is 0.252. The summed E-state index contributed by atoms with van der Waals surface area (Å²) in [6, 6.07) is 3.36. The van der Waals surface area contributed by atoms with Crippen molar-refractivity contribution in [2.75, 3.05) is 19.0 Å². The van der Waals surface area contributed by atoms with Gasteiger partial charge in [0.15, 0.2) is 5.82 Å². The van der Waals surface area contributed by atoms with Crippen molar-refractivity contribution in [2.45, 2.75) is 33.2 Å². The van der Waals surface area contributed by atoms with Gasteiger partial charge in [-0.15, -0.1) is 0 Å². The standard InChI is InChI=1S/C19H21F2N5O2/c1-11-7-15(25-18(23-11)19(3,20)21)14-10-26(5-6-28-4)16-9-22-17(8-13(14)16)24-12(2)27/h7-10H,5-6H2,1-4H3,(H,22,24,27). The molecule has 1 amide bonds. The van der Waals surface area contributed by atoms with Gasteiger partial charge >= 0.3 is 5.92 Å². The lowest BCUT2D eigenvalue weighted by Gasteiger charge is -2.11. The Balaban J connectivity index is 2.21. The van der Waals surface area contributed by atoms with Crippen molar-refractivity contribution in [2.24, 2.45) is 0 Å². The fourth-order valence-corrected chi connectivity index (χ4v) is 2.92. The Bertz CT molecular complexity index is 1030. The normalized spacial score (nSPS) is 11.8. The number of halogens is 2. The Kier molecular flexibility index (Phi) is 5.37. The number of pyridine rings is 1. The van der Waals surface area contributed by atoms with Crippen LogP contribution in [0.25, 0.3) is 22.2 Å². The summed E-state index contributed by atoms with van der Waals surface area (Å²) in [6.45, 7) is 4.83. The highest BCUT2D eigenvalue weighted by atomic mass is 19.3. The molecule has 0 fully saturated rings. The molecule has 7 nitrogen and oxygen atoms in total. The third kappa shape index (κ3) is 4.14. The monoisotopic (exact) mass is 389 g/mol. The lowest BCUT2D eigenvalue weighted by Crippen LogP contribution is -2.13. The molecule has 0 radical (unpaired) electrons. The van der Waals surface area contributed by atoms with Crippen LogP contribution in [0.4, 0.5) is 14.6 Å². The molecule has 0 saturated carbocycles. The van der Waals surface area contributed by atoms with E-state index in [9.17, 15) is 13.6 Å². The van der Waals surface area contributed by atoms with Gasteiger partial charge in [0.25, 0.3) is 0 Å². The van der Waals surface area contributed by atoms with Crippen LogP contribution in [0.2, 0.25) is 0 Å². The highest BCUT2D eigenvalue weighted by Crippen LogP contribution is 2.33. The van der Waals surface area contributed by atoms with E-state index in [2.05, 4.69) is 20.3 Å². The summed E-state index contributed by atoms with van der Waals surface area (Å²) in [5.41, 5.74) is 2.25. The quantitative estimate of drug-likeness (QED) is 0.698. The number of ether oxygens (including phenoxy) is 1. The fourth-order valence-electron chi connectivity index (χ4n) is 2.92. The minimum Gasteiger partial charge on any atom is -0.383 e. The van der Waals surface area contributed by atoms with Gasteiger partial charge < -0.3 is 14.6 Å². The van der Waals surface area contributed by atoms with E-state index in [4.69, 9.17) is 4.74 Å². The molecule has 0 aliphatic rings. The summed E-state index contributed by atoms with van der Waals surface area (Å²) < 4.78 is 34.7. The molecule has 3 aromatic rings. The summed E-state index contributed by atoms with van der Waals surface area (Å²) in [7, 11) is 1.60. The van der Waals surface area contributed by atoms with Gasteiger partial charge in [0.1, 0.15) is 5.82 Å². The zero-order chi connectivity index (χ0) is 20.5. The first-order valence-corrected chi connectivity index (χ1v) is 8.69. The molecule has 3 heterocycles. The number of anilines is 1. The van der Waals surface area contributed by atoms with Crippen LogP contribution in [0.1, 0.15) is 25.4 Å². The molecule has 0 bridgehead atoms. The SMILES string of the molecule is COCCn1cc(-c2cc(C)nc(C(C)(F)F)n2)c2cc(NC(C)=O)ncc21. The van der Waals surface area contributed by atoms with E-state index in [0.717, 1.165) is 17.8 Å². The number of hydrogen-bond donors (Lipinski definition) is 1. The first kappa shape index (κ1) is 19.8. The molecule has 0 aliphatic carbocycles. The van der Waals surface area contributed by atoms with Crippen molar-refractivity contribution in [1.82, 2.24) is 19.5 Å². The van der Waals surface area contributed by atoms with E-state index in [1.54, 1.807) is 32.4 Å². The highest BCUT2D eigenvalue weighted by Gasteiger charge is 2.29. The Morgan fingerprint density at radius 3 is 2.71 bits per heavy atom. The second-order valence-electron chi connectivity index (χ2n) is 6.60. The second kappa shape index (κ2) is 7.59. The molecule has 148 valence electrons. The molecule has 0 saturated heterocycles. The molecular formula is C19H21F2N5O2. The van der Waals surface area contributed by atoms with E-state index in [0.29, 0.717) is 35.9 Å². The summed E-state index contributed by atoms with van der Waals surface area (Å²) >= 11 is 0. The first-order chi connectivity index (χ1) is 13.2. The predicted molar refractivity (Wildman–Crippen MR) is 101 cm³/mol. The van der Waals surface area contributed by atoms with Crippen molar-refractivity contribution >= 4 is 22.6 Å². The number of rotatable bonds is 6. The smallest absolute Gasteiger partial charge is 0.303 e. The van der Waals surface area contributed by atoms with Gasteiger partial charge in [0.05, 0.1) is 24.0 Å². The summed E-state index contributed by atoms with van der Waals surface area (Å²) in [4.78, 5) is 23.6. The molecule has 0 unspecified atom stereocenters. The molecule has 28 heavy (non-hydrogen) atoms.